The van der Waals surface area contributed by atoms with Gasteiger partial charge in [0.25, 0.3) is 0 Å². The smallest absolute Gasteiger partial charge is 0.142 e. The first-order chi connectivity index (χ1) is 6.90. The van der Waals surface area contributed by atoms with Gasteiger partial charge in [0.1, 0.15) is 5.82 Å². The van der Waals surface area contributed by atoms with Crippen molar-refractivity contribution in [2.75, 3.05) is 11.9 Å². The summed E-state index contributed by atoms with van der Waals surface area (Å²) in [6.45, 7) is 1.97. The third-order valence-corrected chi connectivity index (χ3v) is 2.75. The highest BCUT2D eigenvalue weighted by atomic mass is 79.9. The zero-order valence-corrected chi connectivity index (χ0v) is 9.65. The predicted molar refractivity (Wildman–Crippen MR) is 59.3 cm³/mol. The van der Waals surface area contributed by atoms with Crippen LogP contribution in [-0.2, 0) is 6.54 Å². The molecule has 0 amide bonds. The Balaban J connectivity index is 1.93. The average molecular weight is 256 g/mol. The van der Waals surface area contributed by atoms with Crippen molar-refractivity contribution in [3.8, 4) is 0 Å². The Morgan fingerprint density at radius 1 is 1.36 bits per heavy atom. The third kappa shape index (κ3) is 2.75. The average Bonchev–Trinajstić information content (AvgIpc) is 3.02. The van der Waals surface area contributed by atoms with E-state index in [-0.39, 0.29) is 0 Å². The van der Waals surface area contributed by atoms with Crippen molar-refractivity contribution in [2.24, 2.45) is 0 Å². The zero-order valence-electron chi connectivity index (χ0n) is 8.06. The molecule has 76 valence electrons. The van der Waals surface area contributed by atoms with E-state index in [0.717, 1.165) is 30.3 Å². The highest BCUT2D eigenvalue weighted by Gasteiger charge is 2.28. The number of rotatable bonds is 5. The van der Waals surface area contributed by atoms with Crippen LogP contribution in [0.25, 0.3) is 0 Å². The van der Waals surface area contributed by atoms with Gasteiger partial charge in [0.2, 0.25) is 0 Å². The summed E-state index contributed by atoms with van der Waals surface area (Å²) in [5.74, 6) is 0.931. The number of nitrogens with zero attached hydrogens (tertiary/aromatic N) is 3. The topological polar surface area (TPSA) is 29.0 Å². The van der Waals surface area contributed by atoms with Gasteiger partial charge in [-0.2, -0.15) is 0 Å². The van der Waals surface area contributed by atoms with Crippen LogP contribution in [0.15, 0.2) is 18.5 Å². The number of halogens is 1. The lowest BCUT2D eigenvalue weighted by atomic mass is 10.4. The Bertz CT molecular complexity index is 274. The van der Waals surface area contributed by atoms with Gasteiger partial charge in [0.05, 0.1) is 6.54 Å². The first-order valence-corrected chi connectivity index (χ1v) is 6.08. The van der Waals surface area contributed by atoms with Gasteiger partial charge in [0.15, 0.2) is 0 Å². The summed E-state index contributed by atoms with van der Waals surface area (Å²) in [6, 6.07) is 2.63. The molecule has 1 aromatic rings. The molecular formula is C10H14BrN3. The number of hydrogen-bond acceptors (Lipinski definition) is 3. The second-order valence-electron chi connectivity index (χ2n) is 3.56. The van der Waals surface area contributed by atoms with Crippen molar-refractivity contribution in [2.45, 2.75) is 25.4 Å². The molecule has 0 spiro atoms. The predicted octanol–water partition coefficient (Wildman–Crippen LogP) is 1.84. The molecule has 0 N–H and O–H groups in total. The summed E-state index contributed by atoms with van der Waals surface area (Å²) in [4.78, 5) is 10.9. The van der Waals surface area contributed by atoms with Crippen molar-refractivity contribution in [1.29, 1.82) is 0 Å². The quantitative estimate of drug-likeness (QED) is 0.753. The van der Waals surface area contributed by atoms with Gasteiger partial charge in [-0.05, 0) is 18.9 Å². The van der Waals surface area contributed by atoms with Gasteiger partial charge in [0, 0.05) is 30.3 Å². The molecule has 0 aromatic carbocycles. The van der Waals surface area contributed by atoms with E-state index < -0.39 is 0 Å². The lowest BCUT2D eigenvalue weighted by molar-refractivity contribution is 0.265. The number of aromatic nitrogens is 2. The molecule has 1 heterocycles. The highest BCUT2D eigenvalue weighted by molar-refractivity contribution is 9.09. The summed E-state index contributed by atoms with van der Waals surface area (Å²) in [7, 11) is 0. The lowest BCUT2D eigenvalue weighted by Crippen LogP contribution is -2.28. The van der Waals surface area contributed by atoms with Crippen LogP contribution in [0.2, 0.25) is 0 Å². The molecule has 0 atom stereocenters. The summed E-state index contributed by atoms with van der Waals surface area (Å²) < 4.78 is 0. The Labute approximate surface area is 92.7 Å². The maximum atomic E-state index is 4.24. The SMILES string of the molecule is BrCCN(Cc1ncccn1)C1CC1. The lowest BCUT2D eigenvalue weighted by Gasteiger charge is -2.19. The summed E-state index contributed by atoms with van der Waals surface area (Å²) >= 11 is 3.48. The summed E-state index contributed by atoms with van der Waals surface area (Å²) in [5.41, 5.74) is 0. The summed E-state index contributed by atoms with van der Waals surface area (Å²) in [5, 5.41) is 1.02. The first kappa shape index (κ1) is 10.1. The molecule has 1 aromatic heterocycles. The Morgan fingerprint density at radius 2 is 2.07 bits per heavy atom. The third-order valence-electron chi connectivity index (χ3n) is 2.40. The molecule has 2 rings (SSSR count). The van der Waals surface area contributed by atoms with Crippen molar-refractivity contribution in [1.82, 2.24) is 14.9 Å². The Hall–Kier alpha value is -0.480. The van der Waals surface area contributed by atoms with E-state index in [1.807, 2.05) is 18.5 Å². The van der Waals surface area contributed by atoms with Crippen LogP contribution in [0.1, 0.15) is 18.7 Å². The first-order valence-electron chi connectivity index (χ1n) is 4.96. The molecule has 1 aliphatic carbocycles. The standard InChI is InChI=1S/C10H14BrN3/c11-4-7-14(9-2-3-9)8-10-12-5-1-6-13-10/h1,5-6,9H,2-4,7-8H2. The van der Waals surface area contributed by atoms with Gasteiger partial charge in [-0.1, -0.05) is 15.9 Å². The van der Waals surface area contributed by atoms with Crippen molar-refractivity contribution < 1.29 is 0 Å². The normalized spacial score (nSPS) is 16.1. The monoisotopic (exact) mass is 255 g/mol. The molecule has 4 heteroatoms. The van der Waals surface area contributed by atoms with E-state index in [9.17, 15) is 0 Å². The molecule has 0 saturated heterocycles. The minimum Gasteiger partial charge on any atom is -0.292 e. The minimum atomic E-state index is 0.774. The largest absolute Gasteiger partial charge is 0.292 e. The fraction of sp³-hybridized carbons (Fsp3) is 0.600. The molecular weight excluding hydrogens is 242 g/mol. The van der Waals surface area contributed by atoms with Crippen LogP contribution in [0.4, 0.5) is 0 Å². The van der Waals surface area contributed by atoms with Crippen molar-refractivity contribution in [3.63, 3.8) is 0 Å². The molecule has 14 heavy (non-hydrogen) atoms. The molecule has 3 nitrogen and oxygen atoms in total. The van der Waals surface area contributed by atoms with E-state index in [0.29, 0.717) is 0 Å². The second kappa shape index (κ2) is 4.84. The van der Waals surface area contributed by atoms with Crippen molar-refractivity contribution in [3.05, 3.63) is 24.3 Å². The molecule has 0 aliphatic heterocycles. The summed E-state index contributed by atoms with van der Waals surface area (Å²) in [6.07, 6.45) is 6.28. The fourth-order valence-electron chi connectivity index (χ4n) is 1.53. The molecule has 1 saturated carbocycles. The molecule has 0 bridgehead atoms. The maximum Gasteiger partial charge on any atom is 0.142 e. The Morgan fingerprint density at radius 3 is 2.64 bits per heavy atom. The van der Waals surface area contributed by atoms with Gasteiger partial charge in [-0.25, -0.2) is 9.97 Å². The van der Waals surface area contributed by atoms with Crippen molar-refractivity contribution >= 4 is 15.9 Å². The molecule has 1 aliphatic rings. The van der Waals surface area contributed by atoms with E-state index in [1.54, 1.807) is 0 Å². The van der Waals surface area contributed by atoms with Crippen LogP contribution in [0.3, 0.4) is 0 Å². The zero-order chi connectivity index (χ0) is 9.80. The van der Waals surface area contributed by atoms with Gasteiger partial charge >= 0.3 is 0 Å². The van der Waals surface area contributed by atoms with Crippen LogP contribution in [-0.4, -0.2) is 32.8 Å². The van der Waals surface area contributed by atoms with E-state index in [1.165, 1.54) is 12.8 Å². The number of hydrogen-bond donors (Lipinski definition) is 0. The van der Waals surface area contributed by atoms with Gasteiger partial charge in [-0.15, -0.1) is 0 Å². The van der Waals surface area contributed by atoms with Crippen LogP contribution in [0.5, 0.6) is 0 Å². The van der Waals surface area contributed by atoms with E-state index >= 15 is 0 Å². The maximum absolute atomic E-state index is 4.24. The number of alkyl halides is 1. The molecule has 1 fully saturated rings. The molecule has 0 unspecified atom stereocenters. The van der Waals surface area contributed by atoms with E-state index in [4.69, 9.17) is 0 Å². The minimum absolute atomic E-state index is 0.774. The van der Waals surface area contributed by atoms with Crippen LogP contribution < -0.4 is 0 Å². The van der Waals surface area contributed by atoms with Gasteiger partial charge < -0.3 is 0 Å². The second-order valence-corrected chi connectivity index (χ2v) is 4.35. The molecule has 0 radical (unpaired) electrons. The Kier molecular flexibility index (Phi) is 3.48. The van der Waals surface area contributed by atoms with Crippen LogP contribution in [0, 0.1) is 0 Å². The highest BCUT2D eigenvalue weighted by Crippen LogP contribution is 2.27. The van der Waals surface area contributed by atoms with Gasteiger partial charge in [-0.3, -0.25) is 4.90 Å². The fourth-order valence-corrected chi connectivity index (χ4v) is 1.99. The van der Waals surface area contributed by atoms with E-state index in [2.05, 4.69) is 30.8 Å². The van der Waals surface area contributed by atoms with Crippen LogP contribution >= 0.6 is 15.9 Å².